The molecule has 1 fully saturated rings. The van der Waals surface area contributed by atoms with Crippen LogP contribution in [0, 0.1) is 0 Å². The largest absolute Gasteiger partial charge is 0.351 e. The summed E-state index contributed by atoms with van der Waals surface area (Å²) in [7, 11) is 0.940. The first-order valence-electron chi connectivity index (χ1n) is 6.97. The van der Waals surface area contributed by atoms with Gasteiger partial charge in [0.2, 0.25) is 0 Å². The Kier molecular flexibility index (Phi) is 3.71. The number of rotatable bonds is 3. The molecule has 4 heteroatoms. The normalized spacial score (nSPS) is 18.8. The Morgan fingerprint density at radius 1 is 1.21 bits per heavy atom. The zero-order chi connectivity index (χ0) is 13.2. The van der Waals surface area contributed by atoms with E-state index in [0.717, 1.165) is 23.1 Å². The smallest absolute Gasteiger partial charge is 0.125 e. The van der Waals surface area contributed by atoms with Crippen LogP contribution in [0.15, 0.2) is 35.4 Å². The van der Waals surface area contributed by atoms with Gasteiger partial charge in [-0.05, 0) is 37.1 Å². The Morgan fingerprint density at radius 3 is 2.79 bits per heavy atom. The van der Waals surface area contributed by atoms with E-state index in [2.05, 4.69) is 15.4 Å². The number of aryl methyl sites for hydroxylation is 1. The van der Waals surface area contributed by atoms with Gasteiger partial charge in [-0.25, -0.2) is 8.93 Å². The highest BCUT2D eigenvalue weighted by atomic mass is 32.2. The molecule has 1 N–H and O–H groups in total. The lowest BCUT2D eigenvalue weighted by Gasteiger charge is -2.22. The third-order valence-corrected chi connectivity index (χ3v) is 5.18. The number of benzene rings is 1. The molecule has 1 atom stereocenters. The molecule has 0 bridgehead atoms. The van der Waals surface area contributed by atoms with Crippen LogP contribution in [0.5, 0.6) is 0 Å². The highest BCUT2D eigenvalue weighted by Crippen LogP contribution is 2.21. The number of hydrogen-bond acceptors (Lipinski definition) is 1. The van der Waals surface area contributed by atoms with Crippen LogP contribution in [0.3, 0.4) is 0 Å². The van der Waals surface area contributed by atoms with Gasteiger partial charge in [-0.3, -0.25) is 0 Å². The molecule has 102 valence electrons. The molecule has 1 aromatic heterocycles. The molecule has 2 aromatic rings. The third kappa shape index (κ3) is 2.74. The molecule has 0 saturated heterocycles. The molecule has 1 saturated carbocycles. The van der Waals surface area contributed by atoms with Crippen molar-refractivity contribution in [1.29, 1.82) is 0 Å². The second kappa shape index (κ2) is 5.47. The van der Waals surface area contributed by atoms with E-state index in [0.29, 0.717) is 6.04 Å². The summed E-state index contributed by atoms with van der Waals surface area (Å²) in [6, 6.07) is 8.53. The number of nitrogens with zero attached hydrogens (tertiary/aromatic N) is 1. The fourth-order valence-corrected chi connectivity index (χ4v) is 3.92. The molecule has 19 heavy (non-hydrogen) atoms. The van der Waals surface area contributed by atoms with E-state index in [1.165, 1.54) is 24.8 Å². The SMILES string of the molecule is Cn1ccc2cc(S(=O)NC3CCCCC3)ccc21. The fourth-order valence-electron chi connectivity index (χ4n) is 2.81. The van der Waals surface area contributed by atoms with Crippen molar-refractivity contribution in [2.45, 2.75) is 43.0 Å². The van der Waals surface area contributed by atoms with Crippen molar-refractivity contribution in [3.63, 3.8) is 0 Å². The van der Waals surface area contributed by atoms with Crippen molar-refractivity contribution in [3.8, 4) is 0 Å². The Balaban J connectivity index is 1.77. The number of hydrogen-bond donors (Lipinski definition) is 1. The van der Waals surface area contributed by atoms with Crippen LogP contribution in [-0.2, 0) is 18.0 Å². The van der Waals surface area contributed by atoms with Gasteiger partial charge in [0, 0.05) is 30.2 Å². The standard InChI is InChI=1S/C15H20N2OS/c1-17-10-9-12-11-14(7-8-15(12)17)19(18)16-13-5-3-2-4-6-13/h7-11,13,16H,2-6H2,1H3. The van der Waals surface area contributed by atoms with E-state index >= 15 is 0 Å². The van der Waals surface area contributed by atoms with Gasteiger partial charge in [0.1, 0.15) is 11.0 Å². The number of fused-ring (bicyclic) bond motifs is 1. The Bertz CT molecular complexity index is 599. The van der Waals surface area contributed by atoms with E-state index in [4.69, 9.17) is 0 Å². The fraction of sp³-hybridized carbons (Fsp3) is 0.467. The van der Waals surface area contributed by atoms with Crippen LogP contribution in [-0.4, -0.2) is 14.8 Å². The first kappa shape index (κ1) is 12.9. The quantitative estimate of drug-likeness (QED) is 0.918. The van der Waals surface area contributed by atoms with Gasteiger partial charge in [0.05, 0.1) is 4.90 Å². The topological polar surface area (TPSA) is 34.0 Å². The summed E-state index contributed by atoms with van der Waals surface area (Å²) in [5.74, 6) is 0. The maximum Gasteiger partial charge on any atom is 0.125 e. The van der Waals surface area contributed by atoms with Crippen molar-refractivity contribution < 1.29 is 4.21 Å². The minimum Gasteiger partial charge on any atom is -0.351 e. The summed E-state index contributed by atoms with van der Waals surface area (Å²) < 4.78 is 17.7. The minimum absolute atomic E-state index is 0.418. The van der Waals surface area contributed by atoms with E-state index in [-0.39, 0.29) is 0 Å². The second-order valence-electron chi connectivity index (χ2n) is 5.37. The molecule has 1 unspecified atom stereocenters. The number of aromatic nitrogens is 1. The van der Waals surface area contributed by atoms with E-state index in [1.807, 2.05) is 31.4 Å². The van der Waals surface area contributed by atoms with Gasteiger partial charge in [-0.15, -0.1) is 0 Å². The second-order valence-corrected chi connectivity index (χ2v) is 6.61. The van der Waals surface area contributed by atoms with Gasteiger partial charge < -0.3 is 4.57 Å². The summed E-state index contributed by atoms with van der Waals surface area (Å²) in [5.41, 5.74) is 1.18. The third-order valence-electron chi connectivity index (χ3n) is 3.95. The Morgan fingerprint density at radius 2 is 2.00 bits per heavy atom. The molecule has 0 amide bonds. The van der Waals surface area contributed by atoms with E-state index < -0.39 is 11.0 Å². The average Bonchev–Trinajstić information content (AvgIpc) is 2.81. The van der Waals surface area contributed by atoms with Crippen molar-refractivity contribution in [3.05, 3.63) is 30.5 Å². The van der Waals surface area contributed by atoms with E-state index in [9.17, 15) is 4.21 Å². The monoisotopic (exact) mass is 276 g/mol. The van der Waals surface area contributed by atoms with Crippen LogP contribution in [0.25, 0.3) is 10.9 Å². The molecule has 0 radical (unpaired) electrons. The van der Waals surface area contributed by atoms with Crippen LogP contribution in [0.4, 0.5) is 0 Å². The molecule has 1 aromatic carbocycles. The summed E-state index contributed by atoms with van der Waals surface area (Å²) >= 11 is 0. The molecule has 0 spiro atoms. The number of nitrogens with one attached hydrogen (secondary N) is 1. The lowest BCUT2D eigenvalue weighted by molar-refractivity contribution is 0.419. The van der Waals surface area contributed by atoms with Crippen LogP contribution in [0.2, 0.25) is 0 Å². The lowest BCUT2D eigenvalue weighted by atomic mass is 9.96. The predicted octanol–water partition coefficient (Wildman–Crippen LogP) is 3.12. The van der Waals surface area contributed by atoms with Gasteiger partial charge in [-0.2, -0.15) is 0 Å². The van der Waals surface area contributed by atoms with E-state index in [1.54, 1.807) is 0 Å². The molecule has 1 heterocycles. The van der Waals surface area contributed by atoms with Crippen molar-refractivity contribution in [2.24, 2.45) is 7.05 Å². The minimum atomic E-state index is -1.09. The van der Waals surface area contributed by atoms with Crippen LogP contribution < -0.4 is 4.72 Å². The Labute approximate surface area is 116 Å². The Hall–Kier alpha value is -1.13. The summed E-state index contributed by atoms with van der Waals surface area (Å²) in [6.07, 6.45) is 8.17. The van der Waals surface area contributed by atoms with Gasteiger partial charge in [0.25, 0.3) is 0 Å². The first-order valence-corrected chi connectivity index (χ1v) is 8.12. The molecule has 3 rings (SSSR count). The molecular formula is C15H20N2OS. The zero-order valence-corrected chi connectivity index (χ0v) is 12.1. The molecule has 1 aliphatic carbocycles. The van der Waals surface area contributed by atoms with Crippen LogP contribution >= 0.6 is 0 Å². The first-order chi connectivity index (χ1) is 9.24. The zero-order valence-electron chi connectivity index (χ0n) is 11.3. The highest BCUT2D eigenvalue weighted by molar-refractivity contribution is 7.83. The lowest BCUT2D eigenvalue weighted by Crippen LogP contribution is -2.32. The predicted molar refractivity (Wildman–Crippen MR) is 79.3 cm³/mol. The van der Waals surface area contributed by atoms with Crippen molar-refractivity contribution in [1.82, 2.24) is 9.29 Å². The molecule has 0 aliphatic heterocycles. The average molecular weight is 276 g/mol. The summed E-state index contributed by atoms with van der Waals surface area (Å²) in [4.78, 5) is 0.879. The highest BCUT2D eigenvalue weighted by Gasteiger charge is 2.16. The molecule has 3 nitrogen and oxygen atoms in total. The van der Waals surface area contributed by atoms with Crippen molar-refractivity contribution in [2.75, 3.05) is 0 Å². The maximum absolute atomic E-state index is 12.4. The van der Waals surface area contributed by atoms with Gasteiger partial charge >= 0.3 is 0 Å². The van der Waals surface area contributed by atoms with Gasteiger partial charge in [0.15, 0.2) is 0 Å². The maximum atomic E-state index is 12.4. The molecule has 1 aliphatic rings. The van der Waals surface area contributed by atoms with Crippen molar-refractivity contribution >= 4 is 21.9 Å². The summed E-state index contributed by atoms with van der Waals surface area (Å²) in [5, 5.41) is 1.15. The summed E-state index contributed by atoms with van der Waals surface area (Å²) in [6.45, 7) is 0. The molecular weight excluding hydrogens is 256 g/mol. The van der Waals surface area contributed by atoms with Crippen LogP contribution in [0.1, 0.15) is 32.1 Å². The van der Waals surface area contributed by atoms with Gasteiger partial charge in [-0.1, -0.05) is 19.3 Å².